The Morgan fingerprint density at radius 1 is 1.33 bits per heavy atom. The van der Waals surface area contributed by atoms with Gasteiger partial charge in [-0.05, 0) is 12.1 Å². The Balaban J connectivity index is 2.18. The molecule has 4 heteroatoms. The third-order valence-corrected chi connectivity index (χ3v) is 3.55. The predicted molar refractivity (Wildman–Crippen MR) is 75.7 cm³/mol. The number of aliphatic hydroxyl groups excluding tert-OH is 1. The topological polar surface area (TPSA) is 49.3 Å². The molecule has 0 spiro atoms. The molecule has 0 aromatic heterocycles. The van der Waals surface area contributed by atoms with E-state index in [1.165, 1.54) is 4.90 Å². The molecule has 3 nitrogen and oxygen atoms in total. The highest BCUT2D eigenvalue weighted by Crippen LogP contribution is 2.17. The van der Waals surface area contributed by atoms with Gasteiger partial charge in [-0.25, -0.2) is 0 Å². The highest BCUT2D eigenvalue weighted by Gasteiger charge is 2.17. The van der Waals surface area contributed by atoms with Gasteiger partial charge in [-0.2, -0.15) is 0 Å². The number of aliphatic hydroxyl groups is 1. The number of carbonyl (C=O) groups excluding carboxylic acids is 1. The van der Waals surface area contributed by atoms with Gasteiger partial charge in [0.2, 0.25) is 5.91 Å². The van der Waals surface area contributed by atoms with Crippen LogP contribution < -0.4 is 5.32 Å². The second-order valence-corrected chi connectivity index (χ2v) is 6.18. The maximum absolute atomic E-state index is 11.6. The molecule has 18 heavy (non-hydrogen) atoms. The first-order chi connectivity index (χ1) is 8.53. The number of hydrogen-bond donors (Lipinski definition) is 2. The van der Waals surface area contributed by atoms with Gasteiger partial charge in [-0.1, -0.05) is 32.0 Å². The van der Waals surface area contributed by atoms with Gasteiger partial charge in [-0.3, -0.25) is 4.79 Å². The predicted octanol–water partition coefficient (Wildman–Crippen LogP) is 2.30. The van der Waals surface area contributed by atoms with E-state index in [0.29, 0.717) is 13.0 Å². The molecule has 1 aromatic rings. The van der Waals surface area contributed by atoms with Crippen LogP contribution in [-0.4, -0.2) is 29.9 Å². The van der Waals surface area contributed by atoms with Gasteiger partial charge >= 0.3 is 0 Å². The van der Waals surface area contributed by atoms with Gasteiger partial charge in [0, 0.05) is 35.6 Å². The van der Waals surface area contributed by atoms with Crippen molar-refractivity contribution >= 4 is 17.7 Å². The zero-order valence-corrected chi connectivity index (χ0v) is 11.8. The van der Waals surface area contributed by atoms with Crippen LogP contribution in [0.15, 0.2) is 35.2 Å². The summed E-state index contributed by atoms with van der Waals surface area (Å²) >= 11 is 1.68. The molecular weight excluding hydrogens is 246 g/mol. The maximum Gasteiger partial charge on any atom is 0.220 e. The van der Waals surface area contributed by atoms with E-state index in [1.54, 1.807) is 11.8 Å². The minimum atomic E-state index is -0.248. The number of amides is 1. The molecule has 0 aliphatic rings. The molecule has 0 atom stereocenters. The summed E-state index contributed by atoms with van der Waals surface area (Å²) in [6, 6.07) is 10.0. The normalized spacial score (nSPS) is 11.3. The fourth-order valence-electron chi connectivity index (χ4n) is 1.26. The first-order valence-corrected chi connectivity index (χ1v) is 7.07. The van der Waals surface area contributed by atoms with Crippen molar-refractivity contribution in [1.29, 1.82) is 0 Å². The van der Waals surface area contributed by atoms with Crippen molar-refractivity contribution in [2.45, 2.75) is 25.2 Å². The lowest BCUT2D eigenvalue weighted by atomic mass is 9.95. The van der Waals surface area contributed by atoms with Crippen LogP contribution >= 0.6 is 11.8 Å². The second-order valence-electron chi connectivity index (χ2n) is 5.01. The highest BCUT2D eigenvalue weighted by atomic mass is 32.2. The maximum atomic E-state index is 11.6. The van der Waals surface area contributed by atoms with Gasteiger partial charge in [0.1, 0.15) is 0 Å². The number of hydrogen-bond acceptors (Lipinski definition) is 3. The third kappa shape index (κ3) is 6.07. The SMILES string of the molecule is CC(C)(CO)CNC(=O)CCSc1ccccc1. The molecule has 1 amide bonds. The fourth-order valence-corrected chi connectivity index (χ4v) is 2.13. The van der Waals surface area contributed by atoms with Crippen molar-refractivity contribution in [3.05, 3.63) is 30.3 Å². The largest absolute Gasteiger partial charge is 0.396 e. The van der Waals surface area contributed by atoms with Crippen LogP contribution in [-0.2, 0) is 4.79 Å². The minimum Gasteiger partial charge on any atom is -0.396 e. The Labute approximate surface area is 113 Å². The number of thioether (sulfide) groups is 1. The summed E-state index contributed by atoms with van der Waals surface area (Å²) in [4.78, 5) is 12.8. The highest BCUT2D eigenvalue weighted by molar-refractivity contribution is 7.99. The molecule has 1 aromatic carbocycles. The first-order valence-electron chi connectivity index (χ1n) is 6.09. The number of nitrogens with one attached hydrogen (secondary N) is 1. The molecule has 0 heterocycles. The lowest BCUT2D eigenvalue weighted by Crippen LogP contribution is -2.36. The first kappa shape index (κ1) is 15.1. The van der Waals surface area contributed by atoms with Crippen molar-refractivity contribution in [2.24, 2.45) is 5.41 Å². The summed E-state index contributed by atoms with van der Waals surface area (Å²) in [6.07, 6.45) is 0.501. The smallest absolute Gasteiger partial charge is 0.220 e. The zero-order valence-electron chi connectivity index (χ0n) is 11.0. The molecule has 2 N–H and O–H groups in total. The van der Waals surface area contributed by atoms with Crippen LogP contribution in [0.3, 0.4) is 0 Å². The summed E-state index contributed by atoms with van der Waals surface area (Å²) in [5, 5.41) is 11.9. The van der Waals surface area contributed by atoms with Crippen LogP contribution in [0.1, 0.15) is 20.3 Å². The Bertz CT molecular complexity index is 365. The van der Waals surface area contributed by atoms with Crippen molar-refractivity contribution in [3.8, 4) is 0 Å². The van der Waals surface area contributed by atoms with Gasteiger partial charge in [0.25, 0.3) is 0 Å². The summed E-state index contributed by atoms with van der Waals surface area (Å²) in [5.74, 6) is 0.815. The van der Waals surface area contributed by atoms with Crippen molar-refractivity contribution in [1.82, 2.24) is 5.32 Å². The van der Waals surface area contributed by atoms with Crippen LogP contribution in [0.2, 0.25) is 0 Å². The summed E-state index contributed by atoms with van der Waals surface area (Å²) < 4.78 is 0. The van der Waals surface area contributed by atoms with Crippen molar-refractivity contribution < 1.29 is 9.90 Å². The molecule has 0 aliphatic carbocycles. The van der Waals surface area contributed by atoms with E-state index in [4.69, 9.17) is 5.11 Å². The van der Waals surface area contributed by atoms with E-state index in [0.717, 1.165) is 5.75 Å². The van der Waals surface area contributed by atoms with E-state index in [2.05, 4.69) is 5.32 Å². The fraction of sp³-hybridized carbons (Fsp3) is 0.500. The van der Waals surface area contributed by atoms with Crippen LogP contribution in [0.4, 0.5) is 0 Å². The Morgan fingerprint density at radius 2 is 2.00 bits per heavy atom. The van der Waals surface area contributed by atoms with Gasteiger partial charge in [-0.15, -0.1) is 11.8 Å². The van der Waals surface area contributed by atoms with Crippen LogP contribution in [0.25, 0.3) is 0 Å². The molecule has 0 radical (unpaired) electrons. The Hall–Kier alpha value is -1.00. The van der Waals surface area contributed by atoms with E-state index in [-0.39, 0.29) is 17.9 Å². The van der Waals surface area contributed by atoms with E-state index < -0.39 is 0 Å². The molecule has 0 aliphatic heterocycles. The van der Waals surface area contributed by atoms with E-state index in [1.807, 2.05) is 44.2 Å². The minimum absolute atomic E-state index is 0.0416. The van der Waals surface area contributed by atoms with Crippen molar-refractivity contribution in [2.75, 3.05) is 18.9 Å². The second kappa shape index (κ2) is 7.44. The van der Waals surface area contributed by atoms with Crippen molar-refractivity contribution in [3.63, 3.8) is 0 Å². The molecule has 0 bridgehead atoms. The van der Waals surface area contributed by atoms with Gasteiger partial charge < -0.3 is 10.4 Å². The standard InChI is InChI=1S/C14H21NO2S/c1-14(2,11-16)10-15-13(17)8-9-18-12-6-4-3-5-7-12/h3-7,16H,8-11H2,1-2H3,(H,15,17). The zero-order chi connectivity index (χ0) is 13.4. The van der Waals surface area contributed by atoms with Crippen LogP contribution in [0.5, 0.6) is 0 Å². The molecule has 0 saturated heterocycles. The lowest BCUT2D eigenvalue weighted by Gasteiger charge is -2.21. The monoisotopic (exact) mass is 267 g/mol. The van der Waals surface area contributed by atoms with E-state index >= 15 is 0 Å². The summed E-state index contributed by atoms with van der Waals surface area (Å²) in [6.45, 7) is 4.43. The average molecular weight is 267 g/mol. The molecular formula is C14H21NO2S. The molecule has 100 valence electrons. The Kier molecular flexibility index (Phi) is 6.22. The average Bonchev–Trinajstić information content (AvgIpc) is 2.38. The number of carbonyl (C=O) groups is 1. The number of benzene rings is 1. The lowest BCUT2D eigenvalue weighted by molar-refractivity contribution is -0.121. The number of rotatable bonds is 7. The summed E-state index contributed by atoms with van der Waals surface area (Å²) in [7, 11) is 0. The Morgan fingerprint density at radius 3 is 2.61 bits per heavy atom. The molecule has 1 rings (SSSR count). The quantitative estimate of drug-likeness (QED) is 0.745. The van der Waals surface area contributed by atoms with E-state index in [9.17, 15) is 4.79 Å². The molecule has 0 saturated carbocycles. The van der Waals surface area contributed by atoms with Gasteiger partial charge in [0.15, 0.2) is 0 Å². The molecule has 0 fully saturated rings. The third-order valence-electron chi connectivity index (χ3n) is 2.53. The van der Waals surface area contributed by atoms with Crippen LogP contribution in [0, 0.1) is 5.41 Å². The van der Waals surface area contributed by atoms with Gasteiger partial charge in [0.05, 0.1) is 0 Å². The summed E-state index contributed by atoms with van der Waals surface area (Å²) in [5.41, 5.74) is -0.248. The molecule has 0 unspecified atom stereocenters.